The highest BCUT2D eigenvalue weighted by molar-refractivity contribution is 7.92. The van der Waals surface area contributed by atoms with E-state index in [0.29, 0.717) is 12.3 Å². The van der Waals surface area contributed by atoms with Crippen LogP contribution in [-0.4, -0.2) is 31.4 Å². The summed E-state index contributed by atoms with van der Waals surface area (Å²) in [5.41, 5.74) is -1.30. The quantitative estimate of drug-likeness (QED) is 0.321. The van der Waals surface area contributed by atoms with Crippen molar-refractivity contribution in [2.45, 2.75) is 24.1 Å². The Morgan fingerprint density at radius 1 is 1.03 bits per heavy atom. The monoisotopic (exact) mass is 595 g/mol. The minimum atomic E-state index is -4.68. The maximum Gasteiger partial charge on any atom is 0.417 e. The number of amides is 1. The number of hydrogen-bond acceptors (Lipinski definition) is 6. The van der Waals surface area contributed by atoms with Crippen molar-refractivity contribution in [3.05, 3.63) is 80.9 Å². The predicted octanol–water partition coefficient (Wildman–Crippen LogP) is 6.05. The summed E-state index contributed by atoms with van der Waals surface area (Å²) in [6.45, 7) is 1.19. The van der Waals surface area contributed by atoms with E-state index in [1.807, 2.05) is 0 Å². The summed E-state index contributed by atoms with van der Waals surface area (Å²) < 4.78 is 71.1. The van der Waals surface area contributed by atoms with Crippen molar-refractivity contribution in [3.8, 4) is 0 Å². The minimum absolute atomic E-state index is 0.0166. The van der Waals surface area contributed by atoms with Crippen molar-refractivity contribution in [2.75, 3.05) is 10.0 Å². The first kappa shape index (κ1) is 28.5. The Morgan fingerprint density at radius 2 is 1.73 bits per heavy atom. The number of pyridine rings is 1. The lowest BCUT2D eigenvalue weighted by Gasteiger charge is -2.15. The summed E-state index contributed by atoms with van der Waals surface area (Å²) in [5, 5.41) is 2.01. The Hall–Kier alpha value is -3.06. The number of alkyl halides is 3. The van der Waals surface area contributed by atoms with Crippen molar-refractivity contribution in [1.29, 1.82) is 0 Å². The molecule has 3 aromatic rings. The number of esters is 1. The molecule has 0 fully saturated rings. The third-order valence-electron chi connectivity index (χ3n) is 4.62. The summed E-state index contributed by atoms with van der Waals surface area (Å²) in [4.78, 5) is 28.1. The lowest BCUT2D eigenvalue weighted by molar-refractivity contribution is -0.137. The van der Waals surface area contributed by atoms with Crippen LogP contribution >= 0.6 is 34.8 Å². The van der Waals surface area contributed by atoms with Gasteiger partial charge in [-0.05, 0) is 49.4 Å². The second-order valence-electron chi connectivity index (χ2n) is 7.35. The average molecular weight is 597 g/mol. The highest BCUT2D eigenvalue weighted by atomic mass is 35.5. The number of carbonyl (C=O) groups excluding carboxylic acids is 2. The van der Waals surface area contributed by atoms with Gasteiger partial charge in [0.2, 0.25) is 0 Å². The molecule has 1 amide bonds. The number of nitrogens with one attached hydrogen (secondary N) is 2. The number of halogens is 6. The van der Waals surface area contributed by atoms with Gasteiger partial charge in [0, 0.05) is 11.2 Å². The van der Waals surface area contributed by atoms with Crippen LogP contribution in [0.4, 0.5) is 24.7 Å². The fourth-order valence-electron chi connectivity index (χ4n) is 2.75. The largest absolute Gasteiger partial charge is 0.449 e. The minimum Gasteiger partial charge on any atom is -0.449 e. The number of anilines is 2. The van der Waals surface area contributed by atoms with Crippen LogP contribution in [-0.2, 0) is 25.7 Å². The molecule has 0 bridgehead atoms. The van der Waals surface area contributed by atoms with Gasteiger partial charge in [0.1, 0.15) is 0 Å². The van der Waals surface area contributed by atoms with Crippen LogP contribution in [0.1, 0.15) is 22.8 Å². The molecule has 1 atom stereocenters. The molecular weight excluding hydrogens is 582 g/mol. The number of aromatic nitrogens is 1. The fraction of sp³-hybridized carbons (Fsp3) is 0.136. The molecule has 0 radical (unpaired) electrons. The van der Waals surface area contributed by atoms with Crippen molar-refractivity contribution < 1.29 is 35.9 Å². The summed E-state index contributed by atoms with van der Waals surface area (Å²) in [6, 6.07) is 9.52. The van der Waals surface area contributed by atoms with Gasteiger partial charge < -0.3 is 10.1 Å². The molecule has 37 heavy (non-hydrogen) atoms. The van der Waals surface area contributed by atoms with E-state index in [4.69, 9.17) is 39.5 Å². The van der Waals surface area contributed by atoms with E-state index in [0.717, 1.165) is 6.07 Å². The van der Waals surface area contributed by atoms with Crippen LogP contribution in [0.3, 0.4) is 0 Å². The Bertz CT molecular complexity index is 1470. The molecule has 15 heteroatoms. The molecule has 3 rings (SSSR count). The van der Waals surface area contributed by atoms with Crippen LogP contribution in [0, 0.1) is 0 Å². The molecule has 196 valence electrons. The summed E-state index contributed by atoms with van der Waals surface area (Å²) >= 11 is 17.6. The third kappa shape index (κ3) is 7.25. The first-order chi connectivity index (χ1) is 17.2. The number of ether oxygens (including phenoxy) is 1. The second-order valence-corrected chi connectivity index (χ2v) is 10.3. The van der Waals surface area contributed by atoms with E-state index in [2.05, 4.69) is 15.0 Å². The standard InChI is InChI=1S/C22H15Cl3F3N3O5S/c1-11(20(32)30-19-17(25)8-13(10-29-19)22(26,27)28)36-21(33)12-3-2-4-15(7-12)37(34,35)31-18-9-14(23)5-6-16(18)24/h2-11,31H,1H3,(H,29,30,32). The lowest BCUT2D eigenvalue weighted by Crippen LogP contribution is -2.30. The van der Waals surface area contributed by atoms with Gasteiger partial charge in [-0.25, -0.2) is 18.2 Å². The van der Waals surface area contributed by atoms with Gasteiger partial charge in [-0.2, -0.15) is 13.2 Å². The van der Waals surface area contributed by atoms with Gasteiger partial charge in [-0.3, -0.25) is 9.52 Å². The Balaban J connectivity index is 1.71. The van der Waals surface area contributed by atoms with Crippen LogP contribution in [0.25, 0.3) is 0 Å². The predicted molar refractivity (Wildman–Crippen MR) is 131 cm³/mol. The maximum atomic E-state index is 12.8. The van der Waals surface area contributed by atoms with Crippen molar-refractivity contribution in [1.82, 2.24) is 4.98 Å². The molecule has 0 aliphatic carbocycles. The Labute approximate surface area is 223 Å². The molecule has 8 nitrogen and oxygen atoms in total. The van der Waals surface area contributed by atoms with Gasteiger partial charge in [-0.15, -0.1) is 0 Å². The SMILES string of the molecule is CC(OC(=O)c1cccc(S(=O)(=O)Nc2cc(Cl)ccc2Cl)c1)C(=O)Nc1ncc(C(F)(F)F)cc1Cl. The second kappa shape index (κ2) is 11.1. The Morgan fingerprint density at radius 3 is 2.38 bits per heavy atom. The average Bonchev–Trinajstić information content (AvgIpc) is 2.81. The van der Waals surface area contributed by atoms with Gasteiger partial charge in [0.05, 0.1) is 31.8 Å². The number of nitrogens with zero attached hydrogens (tertiary/aromatic N) is 1. The van der Waals surface area contributed by atoms with Gasteiger partial charge >= 0.3 is 12.1 Å². The number of hydrogen-bond donors (Lipinski definition) is 2. The Kier molecular flexibility index (Phi) is 8.58. The molecule has 2 aromatic carbocycles. The van der Waals surface area contributed by atoms with E-state index in [-0.39, 0.29) is 32.0 Å². The smallest absolute Gasteiger partial charge is 0.417 e. The first-order valence-corrected chi connectivity index (χ1v) is 12.6. The fourth-order valence-corrected chi connectivity index (χ4v) is 4.48. The van der Waals surface area contributed by atoms with E-state index in [9.17, 15) is 31.2 Å². The topological polar surface area (TPSA) is 114 Å². The number of rotatable bonds is 7. The molecule has 1 aromatic heterocycles. The summed E-state index contributed by atoms with van der Waals surface area (Å²) in [6.07, 6.45) is -5.65. The zero-order chi connectivity index (χ0) is 27.5. The number of benzene rings is 2. The summed E-state index contributed by atoms with van der Waals surface area (Å²) in [5.74, 6) is -2.36. The van der Waals surface area contributed by atoms with E-state index >= 15 is 0 Å². The molecular formula is C22H15Cl3F3N3O5S. The summed E-state index contributed by atoms with van der Waals surface area (Å²) in [7, 11) is -4.20. The van der Waals surface area contributed by atoms with Crippen LogP contribution in [0.15, 0.2) is 59.6 Å². The molecule has 2 N–H and O–H groups in total. The molecule has 0 saturated carbocycles. The van der Waals surface area contributed by atoms with Crippen LogP contribution in [0.2, 0.25) is 15.1 Å². The third-order valence-corrected chi connectivity index (χ3v) is 6.83. The van der Waals surface area contributed by atoms with Crippen LogP contribution < -0.4 is 10.0 Å². The molecule has 0 aliphatic heterocycles. The zero-order valence-corrected chi connectivity index (χ0v) is 21.5. The van der Waals surface area contributed by atoms with Gasteiger partial charge in [0.25, 0.3) is 15.9 Å². The first-order valence-electron chi connectivity index (χ1n) is 10.00. The molecule has 1 unspecified atom stereocenters. The molecule has 0 saturated heterocycles. The zero-order valence-electron chi connectivity index (χ0n) is 18.4. The highest BCUT2D eigenvalue weighted by Crippen LogP contribution is 2.32. The van der Waals surface area contributed by atoms with E-state index in [1.54, 1.807) is 0 Å². The maximum absolute atomic E-state index is 12.8. The van der Waals surface area contributed by atoms with E-state index in [1.165, 1.54) is 43.3 Å². The molecule has 1 heterocycles. The van der Waals surface area contributed by atoms with Crippen molar-refractivity contribution in [2.24, 2.45) is 0 Å². The van der Waals surface area contributed by atoms with Crippen LogP contribution in [0.5, 0.6) is 0 Å². The van der Waals surface area contributed by atoms with Crippen molar-refractivity contribution in [3.63, 3.8) is 0 Å². The van der Waals surface area contributed by atoms with E-state index < -0.39 is 44.8 Å². The van der Waals surface area contributed by atoms with Gasteiger partial charge in [0.15, 0.2) is 11.9 Å². The number of sulfonamides is 1. The highest BCUT2D eigenvalue weighted by Gasteiger charge is 2.32. The molecule has 0 aliphatic rings. The number of carbonyl (C=O) groups is 2. The molecule has 0 spiro atoms. The van der Waals surface area contributed by atoms with Gasteiger partial charge in [-0.1, -0.05) is 40.9 Å². The van der Waals surface area contributed by atoms with Crippen molar-refractivity contribution >= 4 is 68.2 Å². The normalized spacial score (nSPS) is 12.5. The lowest BCUT2D eigenvalue weighted by atomic mass is 10.2.